The van der Waals surface area contributed by atoms with Crippen molar-refractivity contribution in [2.24, 2.45) is 0 Å². The molecule has 0 radical (unpaired) electrons. The molecule has 0 aliphatic carbocycles. The van der Waals surface area contributed by atoms with E-state index in [1.54, 1.807) is 0 Å². The van der Waals surface area contributed by atoms with Crippen LogP contribution in [0.5, 0.6) is 0 Å². The molecule has 3 aromatic rings. The molecule has 0 saturated carbocycles. The number of carbonyl (C=O) groups is 1. The fourth-order valence-corrected chi connectivity index (χ4v) is 3.15. The van der Waals surface area contributed by atoms with Gasteiger partial charge in [0.15, 0.2) is 0 Å². The summed E-state index contributed by atoms with van der Waals surface area (Å²) in [6.45, 7) is 4.10. The molecule has 0 fully saturated rings. The van der Waals surface area contributed by atoms with E-state index < -0.39 is 0 Å². The SMILES string of the molecule is CCc1ccccc1NC(=O)CSCc1nc(-c2ccc(C)cc2)no1. The summed E-state index contributed by atoms with van der Waals surface area (Å²) in [6.07, 6.45) is 0.882. The minimum Gasteiger partial charge on any atom is -0.338 e. The van der Waals surface area contributed by atoms with Gasteiger partial charge in [0.25, 0.3) is 0 Å². The van der Waals surface area contributed by atoms with Crippen LogP contribution in [0.1, 0.15) is 23.9 Å². The summed E-state index contributed by atoms with van der Waals surface area (Å²) >= 11 is 1.45. The third-order valence-corrected chi connectivity index (χ3v) is 4.83. The smallest absolute Gasteiger partial charge is 0.236 e. The molecular formula is C20H21N3O2S. The Bertz CT molecular complexity index is 875. The molecule has 0 aliphatic rings. The zero-order valence-electron chi connectivity index (χ0n) is 14.9. The normalized spacial score (nSPS) is 10.7. The van der Waals surface area contributed by atoms with Gasteiger partial charge in [-0.25, -0.2) is 0 Å². The zero-order valence-corrected chi connectivity index (χ0v) is 15.7. The fraction of sp³-hybridized carbons (Fsp3) is 0.250. The van der Waals surface area contributed by atoms with Crippen LogP contribution in [0.2, 0.25) is 0 Å². The Morgan fingerprint density at radius 1 is 1.15 bits per heavy atom. The topological polar surface area (TPSA) is 68.0 Å². The van der Waals surface area contributed by atoms with Crippen LogP contribution >= 0.6 is 11.8 Å². The molecule has 0 spiro atoms. The highest BCUT2D eigenvalue weighted by Crippen LogP contribution is 2.19. The monoisotopic (exact) mass is 367 g/mol. The van der Waals surface area contributed by atoms with E-state index in [0.29, 0.717) is 23.2 Å². The first-order chi connectivity index (χ1) is 12.7. The number of hydrogen-bond donors (Lipinski definition) is 1. The standard InChI is InChI=1S/C20H21N3O2S/c1-3-15-6-4-5-7-17(15)21-18(24)12-26-13-19-22-20(23-25-19)16-10-8-14(2)9-11-16/h4-11H,3,12-13H2,1-2H3,(H,21,24). The number of anilines is 1. The number of nitrogens with one attached hydrogen (secondary N) is 1. The van der Waals surface area contributed by atoms with E-state index >= 15 is 0 Å². The van der Waals surface area contributed by atoms with Crippen LogP contribution in [0.15, 0.2) is 53.1 Å². The number of para-hydroxylation sites is 1. The van der Waals surface area contributed by atoms with Crippen LogP contribution in [0.3, 0.4) is 0 Å². The molecule has 0 saturated heterocycles. The van der Waals surface area contributed by atoms with Crippen molar-refractivity contribution in [3.63, 3.8) is 0 Å². The van der Waals surface area contributed by atoms with Gasteiger partial charge < -0.3 is 9.84 Å². The Labute approximate surface area is 157 Å². The molecule has 26 heavy (non-hydrogen) atoms. The zero-order chi connectivity index (χ0) is 18.4. The van der Waals surface area contributed by atoms with Gasteiger partial charge in [0.05, 0.1) is 11.5 Å². The third kappa shape index (κ3) is 4.73. The van der Waals surface area contributed by atoms with E-state index in [0.717, 1.165) is 23.2 Å². The second-order valence-corrected chi connectivity index (χ2v) is 6.92. The van der Waals surface area contributed by atoms with E-state index in [2.05, 4.69) is 22.4 Å². The number of aryl methyl sites for hydroxylation is 2. The summed E-state index contributed by atoms with van der Waals surface area (Å²) in [4.78, 5) is 16.5. The molecule has 1 N–H and O–H groups in total. The largest absolute Gasteiger partial charge is 0.338 e. The third-order valence-electron chi connectivity index (χ3n) is 3.91. The first-order valence-corrected chi connectivity index (χ1v) is 9.66. The van der Waals surface area contributed by atoms with Gasteiger partial charge in [-0.15, -0.1) is 11.8 Å². The second-order valence-electron chi connectivity index (χ2n) is 5.93. The lowest BCUT2D eigenvalue weighted by molar-refractivity contribution is -0.113. The predicted octanol–water partition coefficient (Wildman–Crippen LogP) is 4.48. The Morgan fingerprint density at radius 3 is 2.69 bits per heavy atom. The number of hydrogen-bond acceptors (Lipinski definition) is 5. The molecule has 0 unspecified atom stereocenters. The van der Waals surface area contributed by atoms with Gasteiger partial charge in [0.2, 0.25) is 17.6 Å². The average Bonchev–Trinajstić information content (AvgIpc) is 3.11. The highest BCUT2D eigenvalue weighted by atomic mass is 32.2. The highest BCUT2D eigenvalue weighted by Gasteiger charge is 2.10. The number of amides is 1. The van der Waals surface area contributed by atoms with Crippen molar-refractivity contribution in [3.8, 4) is 11.4 Å². The lowest BCUT2D eigenvalue weighted by Gasteiger charge is -2.09. The molecule has 6 heteroatoms. The molecule has 134 valence electrons. The predicted molar refractivity (Wildman–Crippen MR) is 105 cm³/mol. The number of nitrogens with zero attached hydrogens (tertiary/aromatic N) is 2. The first-order valence-electron chi connectivity index (χ1n) is 8.51. The molecule has 5 nitrogen and oxygen atoms in total. The van der Waals surface area contributed by atoms with Crippen LogP contribution in [0.4, 0.5) is 5.69 Å². The van der Waals surface area contributed by atoms with E-state index in [1.165, 1.54) is 17.3 Å². The van der Waals surface area contributed by atoms with Crippen molar-refractivity contribution in [1.82, 2.24) is 10.1 Å². The molecule has 1 heterocycles. The summed E-state index contributed by atoms with van der Waals surface area (Å²) < 4.78 is 5.27. The lowest BCUT2D eigenvalue weighted by atomic mass is 10.1. The summed E-state index contributed by atoms with van der Waals surface area (Å²) in [7, 11) is 0. The van der Waals surface area contributed by atoms with E-state index in [1.807, 2.05) is 55.5 Å². The number of benzene rings is 2. The van der Waals surface area contributed by atoms with Crippen LogP contribution in [0, 0.1) is 6.92 Å². The van der Waals surface area contributed by atoms with E-state index in [-0.39, 0.29) is 5.91 Å². The molecule has 3 rings (SSSR count). The van der Waals surface area contributed by atoms with Gasteiger partial charge >= 0.3 is 0 Å². The molecule has 0 atom stereocenters. The molecule has 1 amide bonds. The highest BCUT2D eigenvalue weighted by molar-refractivity contribution is 7.99. The fourth-order valence-electron chi connectivity index (χ4n) is 2.50. The summed E-state index contributed by atoms with van der Waals surface area (Å²) in [6, 6.07) is 15.8. The van der Waals surface area contributed by atoms with Crippen molar-refractivity contribution in [1.29, 1.82) is 0 Å². The number of carbonyl (C=O) groups excluding carboxylic acids is 1. The Kier molecular flexibility index (Phi) is 6.07. The van der Waals surface area contributed by atoms with Gasteiger partial charge in [-0.2, -0.15) is 4.98 Å². The van der Waals surface area contributed by atoms with Crippen LogP contribution < -0.4 is 5.32 Å². The van der Waals surface area contributed by atoms with Crippen LogP contribution in [-0.2, 0) is 17.0 Å². The molecule has 2 aromatic carbocycles. The summed E-state index contributed by atoms with van der Waals surface area (Å²) in [5.74, 6) is 1.89. The van der Waals surface area contributed by atoms with Crippen LogP contribution in [-0.4, -0.2) is 21.8 Å². The summed E-state index contributed by atoms with van der Waals surface area (Å²) in [5, 5.41) is 6.96. The van der Waals surface area contributed by atoms with Crippen molar-refractivity contribution in [2.45, 2.75) is 26.0 Å². The van der Waals surface area contributed by atoms with Gasteiger partial charge in [0.1, 0.15) is 0 Å². The Hall–Kier alpha value is -2.60. The summed E-state index contributed by atoms with van der Waals surface area (Å²) in [5.41, 5.74) is 4.11. The Morgan fingerprint density at radius 2 is 1.92 bits per heavy atom. The molecule has 0 bridgehead atoms. The van der Waals surface area contributed by atoms with Gasteiger partial charge in [0, 0.05) is 11.3 Å². The van der Waals surface area contributed by atoms with Crippen molar-refractivity contribution in [3.05, 3.63) is 65.5 Å². The van der Waals surface area contributed by atoms with Gasteiger partial charge in [-0.1, -0.05) is 60.1 Å². The number of aromatic nitrogens is 2. The maximum Gasteiger partial charge on any atom is 0.236 e. The maximum absolute atomic E-state index is 12.1. The molecule has 1 aromatic heterocycles. The quantitative estimate of drug-likeness (QED) is 0.667. The van der Waals surface area contributed by atoms with Crippen molar-refractivity contribution >= 4 is 23.4 Å². The van der Waals surface area contributed by atoms with Crippen molar-refractivity contribution < 1.29 is 9.32 Å². The number of thioether (sulfide) groups is 1. The van der Waals surface area contributed by atoms with Gasteiger partial charge in [-0.05, 0) is 25.0 Å². The maximum atomic E-state index is 12.1. The lowest BCUT2D eigenvalue weighted by Crippen LogP contribution is -2.15. The average molecular weight is 367 g/mol. The molecular weight excluding hydrogens is 346 g/mol. The molecule has 0 aliphatic heterocycles. The van der Waals surface area contributed by atoms with Crippen LogP contribution in [0.25, 0.3) is 11.4 Å². The number of rotatable bonds is 7. The first kappa shape index (κ1) is 18.2. The van der Waals surface area contributed by atoms with E-state index in [4.69, 9.17) is 4.52 Å². The van der Waals surface area contributed by atoms with E-state index in [9.17, 15) is 4.79 Å². The van der Waals surface area contributed by atoms with Gasteiger partial charge in [-0.3, -0.25) is 4.79 Å². The minimum absolute atomic E-state index is 0.0332. The Balaban J connectivity index is 1.50. The second kappa shape index (κ2) is 8.67. The van der Waals surface area contributed by atoms with Crippen molar-refractivity contribution in [2.75, 3.05) is 11.1 Å². The minimum atomic E-state index is -0.0332.